The molecule has 0 bridgehead atoms. The Bertz CT molecular complexity index is 756. The van der Waals surface area contributed by atoms with Gasteiger partial charge >= 0.3 is 6.48 Å². The molecule has 0 aliphatic rings. The average Bonchev–Trinajstić information content (AvgIpc) is 2.62. The molecule has 2 aromatic rings. The molecule has 0 unspecified atom stereocenters. The van der Waals surface area contributed by atoms with Crippen LogP contribution < -0.4 is 9.47 Å². The summed E-state index contributed by atoms with van der Waals surface area (Å²) >= 11 is 0. The summed E-state index contributed by atoms with van der Waals surface area (Å²) in [5.74, 6) is -29.8. The highest BCUT2D eigenvalue weighted by atomic mass is 19.2. The lowest BCUT2D eigenvalue weighted by Crippen LogP contribution is -2.26. The zero-order valence-corrected chi connectivity index (χ0v) is 11.6. The van der Waals surface area contributed by atoms with Gasteiger partial charge in [-0.15, -0.1) is 0 Å². The van der Waals surface area contributed by atoms with Crippen LogP contribution in [0.3, 0.4) is 0 Å². The van der Waals surface area contributed by atoms with E-state index in [-0.39, 0.29) is 0 Å². The van der Waals surface area contributed by atoms with Crippen molar-refractivity contribution in [2.24, 2.45) is 0 Å². The Hall–Kier alpha value is -2.70. The van der Waals surface area contributed by atoms with Crippen LogP contribution in [-0.4, -0.2) is 11.6 Å². The molecule has 0 atom stereocenters. The Morgan fingerprint density at radius 3 is 0.846 bits per heavy atom. The van der Waals surface area contributed by atoms with E-state index in [1.807, 2.05) is 0 Å². The maximum Gasteiger partial charge on any atom is 0.358 e. The van der Waals surface area contributed by atoms with Crippen LogP contribution in [0.1, 0.15) is 0 Å². The van der Waals surface area contributed by atoms with E-state index in [2.05, 4.69) is 9.47 Å². The lowest BCUT2D eigenvalue weighted by Gasteiger charge is -2.17. The van der Waals surface area contributed by atoms with E-state index in [0.717, 1.165) is 0 Å². The molecule has 0 aliphatic heterocycles. The van der Waals surface area contributed by atoms with E-state index in [0.29, 0.717) is 0 Å². The Labute approximate surface area is 136 Å². The van der Waals surface area contributed by atoms with Crippen molar-refractivity contribution in [3.8, 4) is 11.5 Å². The topological polar surface area (TPSA) is 38.7 Å². The summed E-state index contributed by atoms with van der Waals surface area (Å²) in [6.45, 7) is -3.23. The van der Waals surface area contributed by atoms with Gasteiger partial charge in [0.05, 0.1) is 0 Å². The van der Waals surface area contributed by atoms with Crippen molar-refractivity contribution in [1.29, 1.82) is 0 Å². The first-order chi connectivity index (χ1) is 12.0. The van der Waals surface area contributed by atoms with Crippen LogP contribution in [-0.2, 0) is 0 Å². The number of benzene rings is 2. The number of aliphatic hydroxyl groups excluding tert-OH is 1. The van der Waals surface area contributed by atoms with Crippen LogP contribution >= 0.6 is 0 Å². The molecule has 0 aliphatic carbocycles. The number of ether oxygens (including phenoxy) is 2. The summed E-state index contributed by atoms with van der Waals surface area (Å²) in [5, 5.41) is 9.17. The standard InChI is InChI=1S/C13H2F10O3/c14-1-3(16)7(20)11(8(21)4(1)17)25-13(24)26-12-9(22)5(18)2(15)6(19)10(12)23/h13,24H. The molecular weight excluding hydrogens is 394 g/mol. The maximum absolute atomic E-state index is 13.3. The van der Waals surface area contributed by atoms with Gasteiger partial charge < -0.3 is 14.6 Å². The normalized spacial score (nSPS) is 11.2. The van der Waals surface area contributed by atoms with Crippen molar-refractivity contribution < 1.29 is 58.5 Å². The summed E-state index contributed by atoms with van der Waals surface area (Å²) in [7, 11) is 0. The zero-order chi connectivity index (χ0) is 19.9. The zero-order valence-electron chi connectivity index (χ0n) is 11.6. The fraction of sp³-hybridized carbons (Fsp3) is 0.0769. The van der Waals surface area contributed by atoms with Crippen molar-refractivity contribution in [3.63, 3.8) is 0 Å². The predicted octanol–water partition coefficient (Wildman–Crippen LogP) is 3.81. The van der Waals surface area contributed by atoms with Crippen LogP contribution in [0.25, 0.3) is 0 Å². The van der Waals surface area contributed by atoms with Crippen molar-refractivity contribution >= 4 is 0 Å². The van der Waals surface area contributed by atoms with Crippen LogP contribution in [0.4, 0.5) is 43.9 Å². The van der Waals surface area contributed by atoms with Gasteiger partial charge in [0.25, 0.3) is 0 Å². The van der Waals surface area contributed by atoms with E-state index in [1.54, 1.807) is 0 Å². The van der Waals surface area contributed by atoms with Gasteiger partial charge in [-0.1, -0.05) is 0 Å². The third-order valence-corrected chi connectivity index (χ3v) is 2.78. The molecule has 0 heterocycles. The summed E-state index contributed by atoms with van der Waals surface area (Å²) in [4.78, 5) is 0. The summed E-state index contributed by atoms with van der Waals surface area (Å²) in [5.41, 5.74) is 0. The molecule has 0 radical (unpaired) electrons. The third kappa shape index (κ3) is 3.09. The third-order valence-electron chi connectivity index (χ3n) is 2.78. The van der Waals surface area contributed by atoms with Crippen LogP contribution in [0.2, 0.25) is 0 Å². The molecule has 3 nitrogen and oxygen atoms in total. The molecular formula is C13H2F10O3. The maximum atomic E-state index is 13.3. The summed E-state index contributed by atoms with van der Waals surface area (Å²) < 4.78 is 138. The molecule has 1 N–H and O–H groups in total. The fourth-order valence-electron chi connectivity index (χ4n) is 1.60. The molecule has 0 saturated carbocycles. The smallest absolute Gasteiger partial charge is 0.358 e. The molecule has 0 amide bonds. The van der Waals surface area contributed by atoms with E-state index in [9.17, 15) is 43.9 Å². The van der Waals surface area contributed by atoms with Crippen molar-refractivity contribution in [1.82, 2.24) is 0 Å². The SMILES string of the molecule is OC(Oc1c(F)c(F)c(F)c(F)c1F)Oc1c(F)c(F)c(F)c(F)c1F. The quantitative estimate of drug-likeness (QED) is 0.370. The van der Waals surface area contributed by atoms with E-state index in [1.165, 1.54) is 0 Å². The minimum Gasteiger partial charge on any atom is -0.426 e. The Morgan fingerprint density at radius 2 is 0.615 bits per heavy atom. The second kappa shape index (κ2) is 6.90. The molecule has 142 valence electrons. The Morgan fingerprint density at radius 1 is 0.423 bits per heavy atom. The van der Waals surface area contributed by atoms with Gasteiger partial charge in [0.15, 0.2) is 0 Å². The van der Waals surface area contributed by atoms with Gasteiger partial charge in [-0.2, -0.15) is 17.6 Å². The molecule has 0 saturated heterocycles. The molecule has 26 heavy (non-hydrogen) atoms. The predicted molar refractivity (Wildman–Crippen MR) is 59.7 cm³/mol. The number of rotatable bonds is 4. The van der Waals surface area contributed by atoms with Crippen molar-refractivity contribution in [3.05, 3.63) is 58.2 Å². The summed E-state index contributed by atoms with van der Waals surface area (Å²) in [6.07, 6.45) is 0. The number of aliphatic hydroxyl groups is 1. The first kappa shape index (κ1) is 19.6. The first-order valence-corrected chi connectivity index (χ1v) is 6.03. The van der Waals surface area contributed by atoms with Gasteiger partial charge in [0.2, 0.25) is 69.7 Å². The van der Waals surface area contributed by atoms with E-state index >= 15 is 0 Å². The second-order valence-corrected chi connectivity index (χ2v) is 4.34. The number of hydrogen-bond donors (Lipinski definition) is 1. The minimum atomic E-state index is -3.23. The van der Waals surface area contributed by atoms with Gasteiger partial charge in [-0.25, -0.2) is 26.3 Å². The van der Waals surface area contributed by atoms with Gasteiger partial charge in [-0.05, 0) is 0 Å². The molecule has 0 aromatic heterocycles. The first-order valence-electron chi connectivity index (χ1n) is 6.03. The Balaban J connectivity index is 2.39. The van der Waals surface area contributed by atoms with Crippen molar-refractivity contribution in [2.45, 2.75) is 6.48 Å². The minimum absolute atomic E-state index is 2.13. The number of halogens is 10. The molecule has 13 heteroatoms. The van der Waals surface area contributed by atoms with Crippen LogP contribution in [0.15, 0.2) is 0 Å². The van der Waals surface area contributed by atoms with Gasteiger partial charge in [-0.3, -0.25) is 0 Å². The molecule has 0 spiro atoms. The van der Waals surface area contributed by atoms with Crippen LogP contribution in [0.5, 0.6) is 11.5 Å². The van der Waals surface area contributed by atoms with E-state index < -0.39 is 76.1 Å². The largest absolute Gasteiger partial charge is 0.426 e. The Kier molecular flexibility index (Phi) is 5.21. The highest BCUT2D eigenvalue weighted by Gasteiger charge is 2.31. The number of hydrogen-bond acceptors (Lipinski definition) is 3. The lowest BCUT2D eigenvalue weighted by molar-refractivity contribution is -0.166. The average molecular weight is 396 g/mol. The lowest BCUT2D eigenvalue weighted by atomic mass is 10.2. The van der Waals surface area contributed by atoms with Crippen molar-refractivity contribution in [2.75, 3.05) is 0 Å². The second-order valence-electron chi connectivity index (χ2n) is 4.34. The highest BCUT2D eigenvalue weighted by Crippen LogP contribution is 2.32. The van der Waals surface area contributed by atoms with Crippen LogP contribution in [0, 0.1) is 58.2 Å². The summed E-state index contributed by atoms with van der Waals surface area (Å²) in [6, 6.07) is 0. The molecule has 0 fully saturated rings. The van der Waals surface area contributed by atoms with Gasteiger partial charge in [0, 0.05) is 0 Å². The van der Waals surface area contributed by atoms with Gasteiger partial charge in [0.1, 0.15) is 0 Å². The molecule has 2 rings (SSSR count). The highest BCUT2D eigenvalue weighted by molar-refractivity contribution is 5.31. The monoisotopic (exact) mass is 396 g/mol. The fourth-order valence-corrected chi connectivity index (χ4v) is 1.60. The van der Waals surface area contributed by atoms with E-state index in [4.69, 9.17) is 5.11 Å². The molecule has 2 aromatic carbocycles.